The first-order valence-corrected chi connectivity index (χ1v) is 8.22. The second-order valence-corrected chi connectivity index (χ2v) is 7.03. The highest BCUT2D eigenvalue weighted by molar-refractivity contribution is 4.90. The SMILES string of the molecule is CCC1CCC(O)(CNC2CCN(C(C)C)C2)CC1. The summed E-state index contributed by atoms with van der Waals surface area (Å²) in [6, 6.07) is 1.23. The zero-order valence-corrected chi connectivity index (χ0v) is 13.0. The van der Waals surface area contributed by atoms with Gasteiger partial charge in [-0.1, -0.05) is 13.3 Å². The molecule has 3 nitrogen and oxygen atoms in total. The average molecular weight is 268 g/mol. The van der Waals surface area contributed by atoms with Crippen molar-refractivity contribution in [1.82, 2.24) is 10.2 Å². The maximum Gasteiger partial charge on any atom is 0.0771 e. The lowest BCUT2D eigenvalue weighted by Crippen LogP contribution is -2.47. The van der Waals surface area contributed by atoms with Crippen molar-refractivity contribution in [2.24, 2.45) is 5.92 Å². The third-order valence-corrected chi connectivity index (χ3v) is 5.28. The second kappa shape index (κ2) is 6.55. The zero-order chi connectivity index (χ0) is 13.9. The molecule has 0 aromatic heterocycles. The molecular formula is C16H32N2O. The van der Waals surface area contributed by atoms with Crippen molar-refractivity contribution >= 4 is 0 Å². The number of hydrogen-bond donors (Lipinski definition) is 2. The smallest absolute Gasteiger partial charge is 0.0771 e. The Morgan fingerprint density at radius 2 is 1.95 bits per heavy atom. The van der Waals surface area contributed by atoms with E-state index < -0.39 is 5.60 Å². The van der Waals surface area contributed by atoms with Gasteiger partial charge in [0.25, 0.3) is 0 Å². The fourth-order valence-corrected chi connectivity index (χ4v) is 3.56. The summed E-state index contributed by atoms with van der Waals surface area (Å²) in [4.78, 5) is 2.52. The van der Waals surface area contributed by atoms with Gasteiger partial charge in [0.05, 0.1) is 5.60 Å². The van der Waals surface area contributed by atoms with Crippen molar-refractivity contribution in [2.45, 2.75) is 77.0 Å². The second-order valence-electron chi connectivity index (χ2n) is 7.03. The van der Waals surface area contributed by atoms with Crippen molar-refractivity contribution in [1.29, 1.82) is 0 Å². The molecule has 0 aromatic carbocycles. The van der Waals surface area contributed by atoms with Gasteiger partial charge in [0.1, 0.15) is 0 Å². The molecule has 1 saturated carbocycles. The van der Waals surface area contributed by atoms with Crippen LogP contribution in [0.1, 0.15) is 59.3 Å². The number of nitrogens with zero attached hydrogens (tertiary/aromatic N) is 1. The molecule has 1 unspecified atom stereocenters. The van der Waals surface area contributed by atoms with Gasteiger partial charge in [0, 0.05) is 25.2 Å². The molecule has 112 valence electrons. The Morgan fingerprint density at radius 1 is 1.26 bits per heavy atom. The normalized spacial score (nSPS) is 37.1. The molecule has 0 amide bonds. The van der Waals surface area contributed by atoms with Crippen LogP contribution in [-0.2, 0) is 0 Å². The van der Waals surface area contributed by atoms with Gasteiger partial charge in [-0.25, -0.2) is 0 Å². The van der Waals surface area contributed by atoms with Gasteiger partial charge in [-0.2, -0.15) is 0 Å². The maximum absolute atomic E-state index is 10.6. The number of nitrogens with one attached hydrogen (secondary N) is 1. The monoisotopic (exact) mass is 268 g/mol. The number of likely N-dealkylation sites (tertiary alicyclic amines) is 1. The predicted molar refractivity (Wildman–Crippen MR) is 80.3 cm³/mol. The van der Waals surface area contributed by atoms with Crippen LogP contribution in [-0.4, -0.2) is 47.3 Å². The van der Waals surface area contributed by atoms with Gasteiger partial charge in [-0.3, -0.25) is 4.90 Å². The van der Waals surface area contributed by atoms with Gasteiger partial charge < -0.3 is 10.4 Å². The van der Waals surface area contributed by atoms with Crippen LogP contribution in [0.3, 0.4) is 0 Å². The van der Waals surface area contributed by atoms with Gasteiger partial charge >= 0.3 is 0 Å². The zero-order valence-electron chi connectivity index (χ0n) is 13.0. The summed E-state index contributed by atoms with van der Waals surface area (Å²) in [7, 11) is 0. The Hall–Kier alpha value is -0.120. The van der Waals surface area contributed by atoms with Crippen molar-refractivity contribution in [3.8, 4) is 0 Å². The highest BCUT2D eigenvalue weighted by Gasteiger charge is 2.34. The van der Waals surface area contributed by atoms with Crippen molar-refractivity contribution in [3.05, 3.63) is 0 Å². The van der Waals surface area contributed by atoms with Gasteiger partial charge in [-0.05, 0) is 58.4 Å². The van der Waals surface area contributed by atoms with E-state index in [0.29, 0.717) is 12.1 Å². The van der Waals surface area contributed by atoms with E-state index >= 15 is 0 Å². The van der Waals surface area contributed by atoms with Crippen LogP contribution < -0.4 is 5.32 Å². The lowest BCUT2D eigenvalue weighted by Gasteiger charge is -2.36. The molecule has 1 aliphatic carbocycles. The van der Waals surface area contributed by atoms with Crippen molar-refractivity contribution in [2.75, 3.05) is 19.6 Å². The van der Waals surface area contributed by atoms with E-state index in [1.165, 1.54) is 32.2 Å². The molecule has 1 saturated heterocycles. The maximum atomic E-state index is 10.6. The Labute approximate surface area is 118 Å². The van der Waals surface area contributed by atoms with E-state index in [1.54, 1.807) is 0 Å². The molecule has 1 heterocycles. The Morgan fingerprint density at radius 3 is 2.47 bits per heavy atom. The minimum Gasteiger partial charge on any atom is -0.389 e. The molecule has 19 heavy (non-hydrogen) atoms. The van der Waals surface area contributed by atoms with Crippen LogP contribution in [0.5, 0.6) is 0 Å². The lowest BCUT2D eigenvalue weighted by molar-refractivity contribution is -0.0105. The van der Waals surface area contributed by atoms with E-state index in [9.17, 15) is 5.11 Å². The topological polar surface area (TPSA) is 35.5 Å². The summed E-state index contributed by atoms with van der Waals surface area (Å²) in [5.41, 5.74) is -0.434. The Kier molecular flexibility index (Phi) is 5.27. The van der Waals surface area contributed by atoms with Crippen LogP contribution in [0.25, 0.3) is 0 Å². The quantitative estimate of drug-likeness (QED) is 0.803. The fraction of sp³-hybridized carbons (Fsp3) is 1.00. The molecule has 2 rings (SSSR count). The molecule has 2 N–H and O–H groups in total. The van der Waals surface area contributed by atoms with Gasteiger partial charge in [0.2, 0.25) is 0 Å². The number of hydrogen-bond acceptors (Lipinski definition) is 3. The highest BCUT2D eigenvalue weighted by atomic mass is 16.3. The molecule has 1 aliphatic heterocycles. The van der Waals surface area contributed by atoms with Crippen LogP contribution >= 0.6 is 0 Å². The Balaban J connectivity index is 1.71. The van der Waals surface area contributed by atoms with Crippen LogP contribution in [0, 0.1) is 5.92 Å². The molecule has 0 aromatic rings. The molecule has 0 spiro atoms. The molecule has 1 atom stereocenters. The predicted octanol–water partition coefficient (Wildman–Crippen LogP) is 2.39. The highest BCUT2D eigenvalue weighted by Crippen LogP contribution is 2.33. The van der Waals surface area contributed by atoms with E-state index in [2.05, 4.69) is 31.0 Å². The molecule has 2 fully saturated rings. The van der Waals surface area contributed by atoms with E-state index in [4.69, 9.17) is 0 Å². The summed E-state index contributed by atoms with van der Waals surface area (Å²) in [6.07, 6.45) is 6.88. The first-order valence-electron chi connectivity index (χ1n) is 8.22. The summed E-state index contributed by atoms with van der Waals surface area (Å²) < 4.78 is 0. The third-order valence-electron chi connectivity index (χ3n) is 5.28. The van der Waals surface area contributed by atoms with E-state index in [1.807, 2.05) is 0 Å². The molecule has 0 radical (unpaired) electrons. The standard InChI is InChI=1S/C16H32N2O/c1-4-14-5-8-16(19,9-6-14)12-17-15-7-10-18(11-15)13(2)3/h13-15,17,19H,4-12H2,1-3H3. The molecule has 0 bridgehead atoms. The van der Waals surface area contributed by atoms with E-state index in [0.717, 1.165) is 31.8 Å². The molecule has 3 heteroatoms. The lowest BCUT2D eigenvalue weighted by atomic mass is 9.78. The summed E-state index contributed by atoms with van der Waals surface area (Å²) in [5, 5.41) is 14.3. The van der Waals surface area contributed by atoms with Crippen LogP contribution in [0.15, 0.2) is 0 Å². The van der Waals surface area contributed by atoms with Crippen molar-refractivity contribution < 1.29 is 5.11 Å². The third kappa shape index (κ3) is 4.17. The summed E-state index contributed by atoms with van der Waals surface area (Å²) >= 11 is 0. The van der Waals surface area contributed by atoms with Gasteiger partial charge in [-0.15, -0.1) is 0 Å². The summed E-state index contributed by atoms with van der Waals surface area (Å²) in [6.45, 7) is 9.94. The number of aliphatic hydroxyl groups is 1. The largest absolute Gasteiger partial charge is 0.389 e. The minimum absolute atomic E-state index is 0.434. The average Bonchev–Trinajstić information content (AvgIpc) is 2.87. The van der Waals surface area contributed by atoms with Gasteiger partial charge in [0.15, 0.2) is 0 Å². The number of rotatable bonds is 5. The van der Waals surface area contributed by atoms with Crippen molar-refractivity contribution in [3.63, 3.8) is 0 Å². The first-order chi connectivity index (χ1) is 9.02. The van der Waals surface area contributed by atoms with Crippen LogP contribution in [0.2, 0.25) is 0 Å². The summed E-state index contributed by atoms with van der Waals surface area (Å²) in [5.74, 6) is 0.850. The van der Waals surface area contributed by atoms with E-state index in [-0.39, 0.29) is 0 Å². The first kappa shape index (κ1) is 15.3. The molecular weight excluding hydrogens is 236 g/mol. The Bertz CT molecular complexity index is 272. The molecule has 2 aliphatic rings. The fourth-order valence-electron chi connectivity index (χ4n) is 3.56. The minimum atomic E-state index is -0.434. The van der Waals surface area contributed by atoms with Crippen LogP contribution in [0.4, 0.5) is 0 Å².